The lowest BCUT2D eigenvalue weighted by atomic mass is 9.73. The molecule has 0 aromatic rings. The molecule has 1 N–H and O–H groups in total. The van der Waals surface area contributed by atoms with Crippen LogP contribution in [0.4, 0.5) is 4.79 Å². The fourth-order valence-corrected chi connectivity index (χ4v) is 6.92. The first-order valence-corrected chi connectivity index (χ1v) is 11.9. The lowest BCUT2D eigenvalue weighted by Gasteiger charge is -2.39. The summed E-state index contributed by atoms with van der Waals surface area (Å²) in [7, 11) is -2.87. The molecule has 0 bridgehead atoms. The van der Waals surface area contributed by atoms with Crippen LogP contribution in [0, 0.1) is 5.92 Å². The molecule has 0 aromatic carbocycles. The quantitative estimate of drug-likeness (QED) is 0.686. The van der Waals surface area contributed by atoms with Crippen molar-refractivity contribution in [1.29, 1.82) is 0 Å². The number of sulfone groups is 1. The highest BCUT2D eigenvalue weighted by Crippen LogP contribution is 2.38. The number of nitrogens with one attached hydrogen (secondary N) is 1. The third-order valence-electron chi connectivity index (χ3n) is 6.97. The molecule has 4 rings (SSSR count). The van der Waals surface area contributed by atoms with Gasteiger partial charge in [-0.25, -0.2) is 18.1 Å². The molecule has 27 heavy (non-hydrogen) atoms. The Morgan fingerprint density at radius 2 is 1.85 bits per heavy atom. The van der Waals surface area contributed by atoms with E-state index in [-0.39, 0.29) is 29.7 Å². The van der Waals surface area contributed by atoms with Crippen LogP contribution in [-0.4, -0.2) is 91.0 Å². The molecule has 3 saturated heterocycles. The maximum atomic E-state index is 13.1. The average molecular weight is 399 g/mol. The molecular weight excluding hydrogens is 368 g/mol. The molecule has 1 aliphatic carbocycles. The van der Waals surface area contributed by atoms with Crippen molar-refractivity contribution in [3.63, 3.8) is 0 Å². The Bertz CT molecular complexity index is 719. The van der Waals surface area contributed by atoms with Crippen LogP contribution >= 0.6 is 0 Å². The number of carbonyl (C=O) groups excluding carboxylic acids is 2. The SMILES string of the molecule is CC1CCCCC12NC(=O)N(CN1CCN(C3CCS(=O)(=O)C3)CC1)C2=O. The van der Waals surface area contributed by atoms with Crippen molar-refractivity contribution in [3.05, 3.63) is 0 Å². The van der Waals surface area contributed by atoms with Crippen LogP contribution < -0.4 is 5.32 Å². The summed E-state index contributed by atoms with van der Waals surface area (Å²) in [6, 6.07) is -0.140. The topological polar surface area (TPSA) is 90.0 Å². The van der Waals surface area contributed by atoms with Gasteiger partial charge in [-0.1, -0.05) is 19.8 Å². The van der Waals surface area contributed by atoms with Crippen LogP contribution in [0.3, 0.4) is 0 Å². The minimum Gasteiger partial charge on any atom is -0.323 e. The van der Waals surface area contributed by atoms with Gasteiger partial charge in [0.2, 0.25) is 0 Å². The molecule has 0 aromatic heterocycles. The van der Waals surface area contributed by atoms with Gasteiger partial charge in [-0.15, -0.1) is 0 Å². The Morgan fingerprint density at radius 3 is 2.48 bits per heavy atom. The number of hydrogen-bond acceptors (Lipinski definition) is 6. The van der Waals surface area contributed by atoms with Crippen LogP contribution in [0.25, 0.3) is 0 Å². The van der Waals surface area contributed by atoms with E-state index in [2.05, 4.69) is 22.0 Å². The Morgan fingerprint density at radius 1 is 1.11 bits per heavy atom. The molecular formula is C18H30N4O4S. The number of carbonyl (C=O) groups is 2. The highest BCUT2D eigenvalue weighted by Gasteiger charge is 2.55. The summed E-state index contributed by atoms with van der Waals surface area (Å²) in [5.41, 5.74) is -0.699. The number of piperazine rings is 1. The van der Waals surface area contributed by atoms with Gasteiger partial charge in [-0.05, 0) is 25.2 Å². The Balaban J connectivity index is 1.34. The first-order chi connectivity index (χ1) is 12.8. The Kier molecular flexibility index (Phi) is 4.97. The Labute approximate surface area is 161 Å². The van der Waals surface area contributed by atoms with E-state index in [0.717, 1.165) is 58.3 Å². The van der Waals surface area contributed by atoms with Crippen LogP contribution in [0.15, 0.2) is 0 Å². The van der Waals surface area contributed by atoms with E-state index in [1.165, 1.54) is 4.90 Å². The van der Waals surface area contributed by atoms with E-state index in [9.17, 15) is 18.0 Å². The number of nitrogens with zero attached hydrogens (tertiary/aromatic N) is 3. The zero-order chi connectivity index (χ0) is 19.2. The molecule has 3 atom stereocenters. The van der Waals surface area contributed by atoms with E-state index >= 15 is 0 Å². The minimum absolute atomic E-state index is 0.0657. The lowest BCUT2D eigenvalue weighted by Crippen LogP contribution is -2.55. The molecule has 3 aliphatic heterocycles. The van der Waals surface area contributed by atoms with Gasteiger partial charge in [0, 0.05) is 32.2 Å². The maximum absolute atomic E-state index is 13.1. The largest absolute Gasteiger partial charge is 0.326 e. The second kappa shape index (κ2) is 7.00. The van der Waals surface area contributed by atoms with Crippen LogP contribution in [-0.2, 0) is 14.6 Å². The molecule has 8 nitrogen and oxygen atoms in total. The molecule has 4 fully saturated rings. The molecule has 3 heterocycles. The summed E-state index contributed by atoms with van der Waals surface area (Å²) in [6.07, 6.45) is 4.52. The van der Waals surface area contributed by atoms with Gasteiger partial charge in [0.1, 0.15) is 5.54 Å². The summed E-state index contributed by atoms with van der Waals surface area (Å²) in [6.45, 7) is 5.45. The number of hydrogen-bond donors (Lipinski definition) is 1. The molecule has 9 heteroatoms. The average Bonchev–Trinajstić information content (AvgIpc) is 3.11. The fourth-order valence-electron chi connectivity index (χ4n) is 5.16. The van der Waals surface area contributed by atoms with Crippen molar-refractivity contribution in [2.75, 3.05) is 44.4 Å². The summed E-state index contributed by atoms with van der Waals surface area (Å²) in [5, 5.41) is 3.00. The van der Waals surface area contributed by atoms with Crippen LogP contribution in [0.5, 0.6) is 0 Å². The number of imide groups is 1. The summed E-state index contributed by atoms with van der Waals surface area (Å²) < 4.78 is 23.4. The molecule has 3 unspecified atom stereocenters. The third-order valence-corrected chi connectivity index (χ3v) is 8.72. The summed E-state index contributed by atoms with van der Waals surface area (Å²) in [5.74, 6) is 0.666. The number of urea groups is 1. The molecule has 1 spiro atoms. The third kappa shape index (κ3) is 3.49. The van der Waals surface area contributed by atoms with Gasteiger partial charge in [-0.2, -0.15) is 0 Å². The first kappa shape index (κ1) is 19.1. The molecule has 3 amide bonds. The highest BCUT2D eigenvalue weighted by molar-refractivity contribution is 7.91. The van der Waals surface area contributed by atoms with Crippen molar-refractivity contribution in [2.45, 2.75) is 50.6 Å². The summed E-state index contributed by atoms with van der Waals surface area (Å²) >= 11 is 0. The van der Waals surface area contributed by atoms with Gasteiger partial charge < -0.3 is 5.32 Å². The normalized spacial score (nSPS) is 37.9. The van der Waals surface area contributed by atoms with Gasteiger partial charge in [0.25, 0.3) is 5.91 Å². The van der Waals surface area contributed by atoms with Crippen LogP contribution in [0.1, 0.15) is 39.0 Å². The van der Waals surface area contributed by atoms with Crippen LogP contribution in [0.2, 0.25) is 0 Å². The first-order valence-electron chi connectivity index (χ1n) is 10.1. The van der Waals surface area contributed by atoms with E-state index in [0.29, 0.717) is 12.4 Å². The monoisotopic (exact) mass is 398 g/mol. The Hall–Kier alpha value is -1.19. The van der Waals surface area contributed by atoms with Crippen molar-refractivity contribution in [1.82, 2.24) is 20.0 Å². The van der Waals surface area contributed by atoms with Gasteiger partial charge in [0.05, 0.1) is 18.2 Å². The number of rotatable bonds is 3. The van der Waals surface area contributed by atoms with E-state index in [1.807, 2.05) is 0 Å². The summed E-state index contributed by atoms with van der Waals surface area (Å²) in [4.78, 5) is 31.3. The predicted octanol–water partition coefficient (Wildman–Crippen LogP) is 0.249. The standard InChI is InChI=1S/C18H30N4O4S/c1-14-4-2-3-6-18(14)16(23)22(17(24)19-18)13-20-7-9-21(10-8-20)15-5-11-27(25,26)12-15/h14-15H,2-13H2,1H3,(H,19,24). The van der Waals surface area contributed by atoms with E-state index < -0.39 is 15.4 Å². The second-order valence-corrected chi connectivity index (χ2v) is 10.9. The van der Waals surface area contributed by atoms with Crippen molar-refractivity contribution in [3.8, 4) is 0 Å². The second-order valence-electron chi connectivity index (χ2n) is 8.63. The molecule has 4 aliphatic rings. The van der Waals surface area contributed by atoms with Crippen molar-refractivity contribution < 1.29 is 18.0 Å². The molecule has 152 valence electrons. The smallest absolute Gasteiger partial charge is 0.323 e. The highest BCUT2D eigenvalue weighted by atomic mass is 32.2. The van der Waals surface area contributed by atoms with E-state index in [4.69, 9.17) is 0 Å². The zero-order valence-electron chi connectivity index (χ0n) is 16.0. The van der Waals surface area contributed by atoms with Crippen molar-refractivity contribution in [2.24, 2.45) is 5.92 Å². The number of amides is 3. The van der Waals surface area contributed by atoms with Crippen molar-refractivity contribution >= 4 is 21.8 Å². The van der Waals surface area contributed by atoms with Gasteiger partial charge in [-0.3, -0.25) is 14.6 Å². The molecule has 0 radical (unpaired) electrons. The maximum Gasteiger partial charge on any atom is 0.326 e. The van der Waals surface area contributed by atoms with Gasteiger partial charge >= 0.3 is 6.03 Å². The fraction of sp³-hybridized carbons (Fsp3) is 0.889. The molecule has 1 saturated carbocycles. The predicted molar refractivity (Wildman–Crippen MR) is 101 cm³/mol. The minimum atomic E-state index is -2.87. The van der Waals surface area contributed by atoms with Gasteiger partial charge in [0.15, 0.2) is 9.84 Å². The zero-order valence-corrected chi connectivity index (χ0v) is 16.8. The lowest BCUT2D eigenvalue weighted by molar-refractivity contribution is -0.136. The van der Waals surface area contributed by atoms with E-state index in [1.54, 1.807) is 0 Å².